The van der Waals surface area contributed by atoms with E-state index >= 15 is 0 Å². The molecule has 5 heteroatoms. The summed E-state index contributed by atoms with van der Waals surface area (Å²) in [6.45, 7) is 6.62. The van der Waals surface area contributed by atoms with E-state index in [0.29, 0.717) is 6.61 Å². The Morgan fingerprint density at radius 2 is 1.95 bits per heavy atom. The number of hydrogen-bond acceptors (Lipinski definition) is 5. The average Bonchev–Trinajstić information content (AvgIpc) is 2.50. The van der Waals surface area contributed by atoms with Gasteiger partial charge in [0, 0.05) is 5.56 Å². The van der Waals surface area contributed by atoms with Crippen LogP contribution in [0.4, 0.5) is 0 Å². The summed E-state index contributed by atoms with van der Waals surface area (Å²) in [5.41, 5.74) is 6.61. The Hall–Kier alpha value is -1.98. The van der Waals surface area contributed by atoms with Crippen LogP contribution in [0.2, 0.25) is 0 Å². The fraction of sp³-hybridized carbons (Fsp3) is 0.375. The zero-order valence-corrected chi connectivity index (χ0v) is 12.8. The minimum atomic E-state index is -0.174. The third kappa shape index (κ3) is 3.56. The van der Waals surface area contributed by atoms with E-state index in [2.05, 4.69) is 22.5 Å². The average molecular weight is 286 g/mol. The van der Waals surface area contributed by atoms with E-state index in [1.807, 2.05) is 44.2 Å². The van der Waals surface area contributed by atoms with E-state index in [0.717, 1.165) is 34.7 Å². The number of nitrogens with one attached hydrogen (secondary N) is 1. The molecule has 112 valence electrons. The van der Waals surface area contributed by atoms with E-state index < -0.39 is 0 Å². The van der Waals surface area contributed by atoms with Gasteiger partial charge in [0.2, 0.25) is 0 Å². The van der Waals surface area contributed by atoms with Gasteiger partial charge < -0.3 is 4.74 Å². The lowest BCUT2D eigenvalue weighted by Crippen LogP contribution is -2.30. The number of hydrazine groups is 1. The summed E-state index contributed by atoms with van der Waals surface area (Å²) >= 11 is 0. The fourth-order valence-electron chi connectivity index (χ4n) is 2.27. The van der Waals surface area contributed by atoms with Crippen LogP contribution in [0.15, 0.2) is 30.3 Å². The van der Waals surface area contributed by atoms with Crippen LogP contribution in [0.1, 0.15) is 41.9 Å². The molecule has 0 spiro atoms. The van der Waals surface area contributed by atoms with Crippen molar-refractivity contribution in [3.8, 4) is 5.75 Å². The maximum absolute atomic E-state index is 5.83. The minimum Gasteiger partial charge on any atom is -0.493 e. The molecule has 0 radical (unpaired) electrons. The molecule has 0 amide bonds. The van der Waals surface area contributed by atoms with Gasteiger partial charge >= 0.3 is 0 Å². The molecular formula is C16H22N4O. The number of aromatic nitrogens is 2. The maximum Gasteiger partial charge on any atom is 0.124 e. The molecule has 3 N–H and O–H groups in total. The van der Waals surface area contributed by atoms with Gasteiger partial charge in [0.05, 0.1) is 24.0 Å². The normalized spacial score (nSPS) is 12.2. The van der Waals surface area contributed by atoms with Gasteiger partial charge in [0.1, 0.15) is 5.75 Å². The van der Waals surface area contributed by atoms with Crippen molar-refractivity contribution in [1.82, 2.24) is 15.6 Å². The molecule has 1 atom stereocenters. The molecule has 2 aromatic rings. The largest absolute Gasteiger partial charge is 0.493 e. The lowest BCUT2D eigenvalue weighted by atomic mass is 9.97. The Morgan fingerprint density at radius 3 is 2.67 bits per heavy atom. The van der Waals surface area contributed by atoms with Crippen molar-refractivity contribution < 1.29 is 4.74 Å². The van der Waals surface area contributed by atoms with Gasteiger partial charge in [-0.2, -0.15) is 10.2 Å². The first-order valence-corrected chi connectivity index (χ1v) is 7.16. The minimum absolute atomic E-state index is 0.174. The van der Waals surface area contributed by atoms with Crippen molar-refractivity contribution in [3.63, 3.8) is 0 Å². The summed E-state index contributed by atoms with van der Waals surface area (Å²) in [6.07, 6.45) is 0.962. The number of ether oxygens (including phenoxy) is 1. The SMILES string of the molecule is CCCOc1ccccc1C(NN)c1cc(C)nnc1C. The molecule has 0 aliphatic heterocycles. The zero-order valence-electron chi connectivity index (χ0n) is 12.8. The van der Waals surface area contributed by atoms with E-state index in [4.69, 9.17) is 10.6 Å². The van der Waals surface area contributed by atoms with Gasteiger partial charge in [0.25, 0.3) is 0 Å². The molecular weight excluding hydrogens is 264 g/mol. The highest BCUT2D eigenvalue weighted by atomic mass is 16.5. The number of aryl methyl sites for hydroxylation is 2. The molecule has 0 fully saturated rings. The second kappa shape index (κ2) is 7.15. The lowest BCUT2D eigenvalue weighted by Gasteiger charge is -2.21. The second-order valence-electron chi connectivity index (χ2n) is 5.01. The van der Waals surface area contributed by atoms with E-state index in [-0.39, 0.29) is 6.04 Å². The molecule has 1 unspecified atom stereocenters. The number of para-hydroxylation sites is 1. The summed E-state index contributed by atoms with van der Waals surface area (Å²) < 4.78 is 5.83. The summed E-state index contributed by atoms with van der Waals surface area (Å²) in [4.78, 5) is 0. The first-order valence-electron chi connectivity index (χ1n) is 7.16. The van der Waals surface area contributed by atoms with Gasteiger partial charge in [-0.1, -0.05) is 25.1 Å². The predicted molar refractivity (Wildman–Crippen MR) is 82.9 cm³/mol. The summed E-state index contributed by atoms with van der Waals surface area (Å²) in [6, 6.07) is 9.76. The molecule has 0 aliphatic carbocycles. The van der Waals surface area contributed by atoms with E-state index in [9.17, 15) is 0 Å². The van der Waals surface area contributed by atoms with Crippen molar-refractivity contribution in [1.29, 1.82) is 0 Å². The monoisotopic (exact) mass is 286 g/mol. The predicted octanol–water partition coefficient (Wildman–Crippen LogP) is 2.43. The Bertz CT molecular complexity index is 601. The highest BCUT2D eigenvalue weighted by Crippen LogP contribution is 2.30. The van der Waals surface area contributed by atoms with Crippen LogP contribution in [-0.4, -0.2) is 16.8 Å². The smallest absolute Gasteiger partial charge is 0.124 e. The molecule has 1 aromatic carbocycles. The van der Waals surface area contributed by atoms with Gasteiger partial charge in [-0.15, -0.1) is 0 Å². The van der Waals surface area contributed by atoms with Gasteiger partial charge in [0.15, 0.2) is 0 Å². The zero-order chi connectivity index (χ0) is 15.2. The molecule has 0 saturated carbocycles. The van der Waals surface area contributed by atoms with Crippen LogP contribution in [0.5, 0.6) is 5.75 Å². The van der Waals surface area contributed by atoms with Crippen LogP contribution >= 0.6 is 0 Å². The molecule has 0 bridgehead atoms. The Balaban J connectivity index is 2.44. The quantitative estimate of drug-likeness (QED) is 0.630. The van der Waals surface area contributed by atoms with Gasteiger partial charge in [-0.05, 0) is 38.0 Å². The Labute approximate surface area is 125 Å². The molecule has 0 aliphatic rings. The van der Waals surface area contributed by atoms with Crippen molar-refractivity contribution >= 4 is 0 Å². The molecule has 5 nitrogen and oxygen atoms in total. The Kier molecular flexibility index (Phi) is 5.25. The van der Waals surface area contributed by atoms with Gasteiger partial charge in [-0.3, -0.25) is 5.84 Å². The molecule has 21 heavy (non-hydrogen) atoms. The van der Waals surface area contributed by atoms with Crippen molar-refractivity contribution in [2.24, 2.45) is 5.84 Å². The first-order chi connectivity index (χ1) is 10.2. The summed E-state index contributed by atoms with van der Waals surface area (Å²) in [7, 11) is 0. The number of rotatable bonds is 6. The topological polar surface area (TPSA) is 73.1 Å². The molecule has 1 aromatic heterocycles. The molecule has 0 saturated heterocycles. The van der Waals surface area contributed by atoms with Crippen LogP contribution < -0.4 is 16.0 Å². The van der Waals surface area contributed by atoms with Crippen molar-refractivity contribution in [2.75, 3.05) is 6.61 Å². The standard InChI is InChI=1S/C16H22N4O/c1-4-9-21-15-8-6-5-7-13(15)16(18-17)14-10-11(2)19-20-12(14)3/h5-8,10,16,18H,4,9,17H2,1-3H3. The van der Waals surface area contributed by atoms with Crippen molar-refractivity contribution in [3.05, 3.63) is 52.8 Å². The van der Waals surface area contributed by atoms with Crippen LogP contribution in [0.3, 0.4) is 0 Å². The van der Waals surface area contributed by atoms with Crippen LogP contribution in [-0.2, 0) is 0 Å². The fourth-order valence-corrected chi connectivity index (χ4v) is 2.27. The number of nitrogens with zero attached hydrogens (tertiary/aromatic N) is 2. The Morgan fingerprint density at radius 1 is 1.19 bits per heavy atom. The lowest BCUT2D eigenvalue weighted by molar-refractivity contribution is 0.311. The van der Waals surface area contributed by atoms with Crippen LogP contribution in [0.25, 0.3) is 0 Å². The third-order valence-electron chi connectivity index (χ3n) is 3.31. The number of hydrogen-bond donors (Lipinski definition) is 2. The molecule has 2 rings (SSSR count). The number of benzene rings is 1. The third-order valence-corrected chi connectivity index (χ3v) is 3.31. The second-order valence-corrected chi connectivity index (χ2v) is 5.01. The van der Waals surface area contributed by atoms with Crippen LogP contribution in [0, 0.1) is 13.8 Å². The van der Waals surface area contributed by atoms with Crippen molar-refractivity contribution in [2.45, 2.75) is 33.2 Å². The summed E-state index contributed by atoms with van der Waals surface area (Å²) in [5.74, 6) is 6.64. The van der Waals surface area contributed by atoms with E-state index in [1.54, 1.807) is 0 Å². The van der Waals surface area contributed by atoms with E-state index in [1.165, 1.54) is 0 Å². The highest BCUT2D eigenvalue weighted by molar-refractivity contribution is 5.42. The summed E-state index contributed by atoms with van der Waals surface area (Å²) in [5, 5.41) is 8.25. The highest BCUT2D eigenvalue weighted by Gasteiger charge is 2.19. The maximum atomic E-state index is 5.83. The first kappa shape index (κ1) is 15.4. The molecule has 1 heterocycles. The van der Waals surface area contributed by atoms with Gasteiger partial charge in [-0.25, -0.2) is 5.43 Å². The number of nitrogens with two attached hydrogens (primary N) is 1.